The van der Waals surface area contributed by atoms with E-state index in [0.29, 0.717) is 5.75 Å². The molecule has 6 heteroatoms. The number of pyridine rings is 1. The van der Waals surface area contributed by atoms with Crippen LogP contribution in [0.1, 0.15) is 21.7 Å². The molecule has 1 saturated carbocycles. The lowest BCUT2D eigenvalue weighted by Gasteiger charge is -2.06. The summed E-state index contributed by atoms with van der Waals surface area (Å²) in [5, 5.41) is 8.54. The number of hydrogen-bond acceptors (Lipinski definition) is 4. The number of nitrogens with one attached hydrogen (secondary N) is 1. The van der Waals surface area contributed by atoms with Crippen molar-refractivity contribution < 1.29 is 20.2 Å². The van der Waals surface area contributed by atoms with Crippen LogP contribution < -0.4 is 10.2 Å². The molecule has 3 rings (SSSR count). The fourth-order valence-corrected chi connectivity index (χ4v) is 1.69. The maximum absolute atomic E-state index is 12.9. The maximum Gasteiger partial charge on any atom is 0.162 e. The van der Waals surface area contributed by atoms with Crippen molar-refractivity contribution in [1.29, 1.82) is 0 Å². The normalized spacial score (nSPS) is 19.0. The zero-order valence-corrected chi connectivity index (χ0v) is 12.4. The lowest BCUT2D eigenvalue weighted by Crippen LogP contribution is -1.93. The first-order chi connectivity index (χ1) is 10.5. The van der Waals surface area contributed by atoms with Crippen LogP contribution in [0.2, 0.25) is 0 Å². The Morgan fingerprint density at radius 2 is 1.77 bits per heavy atom. The van der Waals surface area contributed by atoms with Gasteiger partial charge in [0.1, 0.15) is 17.3 Å². The second-order valence-corrected chi connectivity index (χ2v) is 5.36. The second kappa shape index (κ2) is 7.17. The van der Waals surface area contributed by atoms with Crippen LogP contribution in [0.5, 0.6) is 11.5 Å². The number of nitrogens with zero attached hydrogens (tertiary/aromatic N) is 1. The van der Waals surface area contributed by atoms with E-state index in [9.17, 15) is 8.78 Å². The van der Waals surface area contributed by atoms with E-state index in [1.807, 2.05) is 5.48 Å². The summed E-state index contributed by atoms with van der Waals surface area (Å²) < 4.78 is 30.8. The van der Waals surface area contributed by atoms with Gasteiger partial charge in [-0.25, -0.2) is 13.8 Å². The highest BCUT2D eigenvalue weighted by Gasteiger charge is 2.26. The molecule has 1 aliphatic carbocycles. The number of halogens is 2. The lowest BCUT2D eigenvalue weighted by molar-refractivity contribution is 0.385. The van der Waals surface area contributed by atoms with Gasteiger partial charge in [-0.05, 0) is 42.5 Å². The maximum atomic E-state index is 12.9. The van der Waals surface area contributed by atoms with Gasteiger partial charge in [0.25, 0.3) is 0 Å². The van der Waals surface area contributed by atoms with Gasteiger partial charge in [0.05, 0.1) is 6.20 Å². The third kappa shape index (κ3) is 4.66. The van der Waals surface area contributed by atoms with Gasteiger partial charge in [-0.15, -0.1) is 0 Å². The summed E-state index contributed by atoms with van der Waals surface area (Å²) >= 11 is 0. The molecule has 0 aliphatic heterocycles. The molecule has 2 N–H and O–H groups in total. The van der Waals surface area contributed by atoms with Crippen molar-refractivity contribution in [3.8, 4) is 11.5 Å². The molecule has 1 fully saturated rings. The van der Waals surface area contributed by atoms with Crippen LogP contribution in [0.3, 0.4) is 0 Å². The number of benzene rings is 1. The molecule has 0 bridgehead atoms. The molecule has 4 nitrogen and oxygen atoms in total. The summed E-state index contributed by atoms with van der Waals surface area (Å²) in [5.41, 5.74) is 1.86. The van der Waals surface area contributed by atoms with E-state index in [-0.39, 0.29) is 13.0 Å². The van der Waals surface area contributed by atoms with E-state index in [1.165, 1.54) is 30.8 Å². The van der Waals surface area contributed by atoms with Crippen LogP contribution in [-0.2, 0) is 0 Å². The van der Waals surface area contributed by atoms with Crippen molar-refractivity contribution >= 4 is 5.82 Å². The van der Waals surface area contributed by atoms with Crippen molar-refractivity contribution in [3.63, 3.8) is 0 Å². The first-order valence-electron chi connectivity index (χ1n) is 6.98. The molecular weight excluding hydrogens is 290 g/mol. The molecule has 0 radical (unpaired) electrons. The predicted octanol–water partition coefficient (Wildman–Crippen LogP) is 4.86. The van der Waals surface area contributed by atoms with Crippen molar-refractivity contribution in [2.24, 2.45) is 11.8 Å². The number of aromatic nitrogens is 1. The summed E-state index contributed by atoms with van der Waals surface area (Å²) in [6.45, 7) is 4.59. The largest absolute Gasteiger partial charge is 0.456 e. The van der Waals surface area contributed by atoms with Crippen LogP contribution in [-0.4, -0.2) is 10.2 Å². The quantitative estimate of drug-likeness (QED) is 0.795. The Morgan fingerprint density at radius 3 is 2.23 bits per heavy atom. The Balaban J connectivity index is 0.000000377. The molecule has 0 unspecified atom stereocenters. The summed E-state index contributed by atoms with van der Waals surface area (Å²) in [4.78, 5) is 3.78. The monoisotopic (exact) mass is 310 g/mol. The summed E-state index contributed by atoms with van der Waals surface area (Å²) in [6.07, 6.45) is 2.81. The van der Waals surface area contributed by atoms with Crippen molar-refractivity contribution in [2.75, 3.05) is 5.48 Å². The van der Waals surface area contributed by atoms with Gasteiger partial charge >= 0.3 is 0 Å². The van der Waals surface area contributed by atoms with Gasteiger partial charge < -0.3 is 4.74 Å². The highest BCUT2D eigenvalue weighted by Crippen LogP contribution is 2.36. The number of hydrogen-bond donors (Lipinski definition) is 2. The zero-order valence-electron chi connectivity index (χ0n) is 12.4. The summed E-state index contributed by atoms with van der Waals surface area (Å²) in [7, 11) is 0. The molecule has 120 valence electrons. The van der Waals surface area contributed by atoms with E-state index < -0.39 is 11.6 Å². The minimum atomic E-state index is -0.982. The van der Waals surface area contributed by atoms with Gasteiger partial charge in [0.2, 0.25) is 0 Å². The van der Waals surface area contributed by atoms with Gasteiger partial charge in [-0.2, -0.15) is 0 Å². The van der Waals surface area contributed by atoms with Crippen LogP contribution in [0.4, 0.5) is 14.6 Å². The highest BCUT2D eigenvalue weighted by molar-refractivity contribution is 5.37. The van der Waals surface area contributed by atoms with Crippen LogP contribution in [0.25, 0.3) is 0 Å². The van der Waals surface area contributed by atoms with Crippen molar-refractivity contribution in [2.45, 2.75) is 20.3 Å². The molecule has 22 heavy (non-hydrogen) atoms. The molecule has 2 aromatic rings. The first kappa shape index (κ1) is 16.2. The molecular formula is C16H20F2N2O2. The topological polar surface area (TPSA) is 54.4 Å². The average Bonchev–Trinajstić information content (AvgIpc) is 3.17. The second-order valence-electron chi connectivity index (χ2n) is 5.36. The van der Waals surface area contributed by atoms with E-state index in [2.05, 4.69) is 18.8 Å². The van der Waals surface area contributed by atoms with E-state index in [4.69, 9.17) is 9.94 Å². The Bertz CT molecular complexity index is 620. The van der Waals surface area contributed by atoms with E-state index in [0.717, 1.165) is 24.0 Å². The van der Waals surface area contributed by atoms with Gasteiger partial charge in [-0.1, -0.05) is 13.8 Å². The molecule has 2 atom stereocenters. The minimum Gasteiger partial charge on any atom is -0.456 e. The molecule has 0 spiro atoms. The van der Waals surface area contributed by atoms with Gasteiger partial charge in [-0.3, -0.25) is 10.7 Å². The average molecular weight is 310 g/mol. The SMILES string of the molecule is C[C@H]1C[C@@H]1C.ONc1ccc(Oc2ccc(F)c(F)c2)cn1.[HH]. The number of rotatable bonds is 3. The Morgan fingerprint density at radius 1 is 1.14 bits per heavy atom. The van der Waals surface area contributed by atoms with Crippen molar-refractivity contribution in [3.05, 3.63) is 48.2 Å². The Labute approximate surface area is 129 Å². The lowest BCUT2D eigenvalue weighted by atomic mass is 10.3. The molecule has 1 aliphatic rings. The zero-order chi connectivity index (χ0) is 16.1. The molecule has 1 heterocycles. The minimum absolute atomic E-state index is 0. The fraction of sp³-hybridized carbons (Fsp3) is 0.312. The first-order valence-corrected chi connectivity index (χ1v) is 6.98. The number of anilines is 1. The predicted molar refractivity (Wildman–Crippen MR) is 81.1 cm³/mol. The van der Waals surface area contributed by atoms with Crippen LogP contribution in [0.15, 0.2) is 36.5 Å². The summed E-state index contributed by atoms with van der Waals surface area (Å²) in [6, 6.07) is 6.20. The Kier molecular flexibility index (Phi) is 5.27. The molecule has 0 saturated heterocycles. The van der Waals surface area contributed by atoms with Gasteiger partial charge in [0, 0.05) is 7.49 Å². The third-order valence-corrected chi connectivity index (χ3v) is 3.49. The Hall–Kier alpha value is -2.21. The molecule has 1 aromatic heterocycles. The standard InChI is InChI=1S/C11H8F2N2O2.C5H10.H2/c12-9-3-1-7(5-10(9)13)17-8-2-4-11(15-16)14-6-8;1-4-3-5(4)2;/h1-6,16H,(H,14,15);4-5H,3H2,1-2H3;1H/t;4-,5-;/m.0./s1. The van der Waals surface area contributed by atoms with Crippen LogP contribution >= 0.6 is 0 Å². The smallest absolute Gasteiger partial charge is 0.162 e. The van der Waals surface area contributed by atoms with E-state index in [1.54, 1.807) is 0 Å². The van der Waals surface area contributed by atoms with E-state index >= 15 is 0 Å². The molecule has 0 amide bonds. The fourth-order valence-electron chi connectivity index (χ4n) is 1.69. The van der Waals surface area contributed by atoms with Gasteiger partial charge in [0.15, 0.2) is 11.6 Å². The van der Waals surface area contributed by atoms with Crippen molar-refractivity contribution in [1.82, 2.24) is 4.98 Å². The third-order valence-electron chi connectivity index (χ3n) is 3.49. The highest BCUT2D eigenvalue weighted by atomic mass is 19.2. The number of ether oxygens (including phenoxy) is 1. The molecule has 1 aromatic carbocycles. The van der Waals surface area contributed by atoms with Crippen LogP contribution in [0, 0.1) is 23.5 Å². The summed E-state index contributed by atoms with van der Waals surface area (Å²) in [5.74, 6) is 0.942.